The Morgan fingerprint density at radius 1 is 0.667 bits per heavy atom. The number of benzene rings is 2. The summed E-state index contributed by atoms with van der Waals surface area (Å²) in [6, 6.07) is 21.8. The van der Waals surface area contributed by atoms with E-state index in [0.717, 1.165) is 25.7 Å². The Kier molecular flexibility index (Phi) is 16.1. The van der Waals surface area contributed by atoms with Crippen molar-refractivity contribution in [2.75, 3.05) is 6.61 Å². The molecular formula is C52H88O7Si4. The SMILES string of the molecule is C#CCC[C@@H](O[Si](C)(C)C(C)(C)C)[C@H]1C[C@@H](O[Si](C)(C)C(C)(C)C)[C@@H](O[Si](C)(C)C(C)(C)C)[C@H]([C@H]2OC3(CCCC3)O[C@@H]2CO[Si](c2ccccc2)(c2ccccc2)C(C)(C)C)O1. The van der Waals surface area contributed by atoms with Gasteiger partial charge in [0, 0.05) is 25.7 Å². The Balaban J connectivity index is 1.70. The van der Waals surface area contributed by atoms with Gasteiger partial charge in [-0.1, -0.05) is 144 Å². The maximum atomic E-state index is 7.73. The van der Waals surface area contributed by atoms with E-state index in [0.29, 0.717) is 25.9 Å². The average Bonchev–Trinajstić information content (AvgIpc) is 3.78. The summed E-state index contributed by atoms with van der Waals surface area (Å²) < 4.78 is 53.0. The van der Waals surface area contributed by atoms with Crippen LogP contribution in [0.1, 0.15) is 128 Å². The van der Waals surface area contributed by atoms with Gasteiger partial charge in [-0.05, 0) is 89.1 Å². The number of terminal acetylenes is 1. The predicted molar refractivity (Wildman–Crippen MR) is 272 cm³/mol. The molecule has 2 aromatic carbocycles. The summed E-state index contributed by atoms with van der Waals surface area (Å²) in [5.74, 6) is 2.23. The van der Waals surface area contributed by atoms with Gasteiger partial charge in [-0.2, -0.15) is 0 Å². The van der Waals surface area contributed by atoms with Crippen LogP contribution < -0.4 is 10.4 Å². The second-order valence-corrected chi connectivity index (χ2v) is 43.2. The van der Waals surface area contributed by atoms with Gasteiger partial charge in [0.1, 0.15) is 18.3 Å². The van der Waals surface area contributed by atoms with Crippen molar-refractivity contribution in [1.82, 2.24) is 0 Å². The van der Waals surface area contributed by atoms with Crippen LogP contribution in [0.3, 0.4) is 0 Å². The Hall–Kier alpha value is -1.41. The van der Waals surface area contributed by atoms with Crippen LogP contribution in [-0.2, 0) is 31.9 Å². The third-order valence-corrected chi connectivity index (χ3v) is 34.4. The van der Waals surface area contributed by atoms with Crippen LogP contribution in [0.25, 0.3) is 0 Å². The van der Waals surface area contributed by atoms with Crippen molar-refractivity contribution in [2.45, 2.75) is 236 Å². The Morgan fingerprint density at radius 3 is 1.62 bits per heavy atom. The molecule has 0 bridgehead atoms. The lowest BCUT2D eigenvalue weighted by Crippen LogP contribution is -2.68. The number of hydrogen-bond donors (Lipinski definition) is 0. The first-order valence-corrected chi connectivity index (χ1v) is 34.8. The van der Waals surface area contributed by atoms with Crippen LogP contribution in [0.15, 0.2) is 60.7 Å². The van der Waals surface area contributed by atoms with Crippen LogP contribution in [-0.4, -0.2) is 88.4 Å². The van der Waals surface area contributed by atoms with E-state index in [1.807, 2.05) is 0 Å². The predicted octanol–water partition coefficient (Wildman–Crippen LogP) is 12.4. The zero-order chi connectivity index (χ0) is 47.1. The summed E-state index contributed by atoms with van der Waals surface area (Å²) in [6.07, 6.45) is 9.16. The Morgan fingerprint density at radius 2 is 1.16 bits per heavy atom. The molecule has 1 aliphatic carbocycles. The number of ether oxygens (including phenoxy) is 3. The quantitative estimate of drug-likeness (QED) is 0.130. The Bertz CT molecular complexity index is 1770. The molecule has 0 amide bonds. The first-order valence-electron chi connectivity index (χ1n) is 24.1. The summed E-state index contributed by atoms with van der Waals surface area (Å²) >= 11 is 0. The molecule has 2 heterocycles. The van der Waals surface area contributed by atoms with Crippen molar-refractivity contribution < 1.29 is 31.9 Å². The molecule has 1 spiro atoms. The van der Waals surface area contributed by atoms with Crippen molar-refractivity contribution in [3.8, 4) is 12.3 Å². The Labute approximate surface area is 389 Å². The van der Waals surface area contributed by atoms with E-state index in [4.69, 9.17) is 38.3 Å². The molecule has 0 N–H and O–H groups in total. The normalized spacial score (nSPS) is 25.9. The van der Waals surface area contributed by atoms with Gasteiger partial charge >= 0.3 is 0 Å². The third kappa shape index (κ3) is 11.5. The molecule has 2 aromatic rings. The fraction of sp³-hybridized carbons (Fsp3) is 0.731. The summed E-state index contributed by atoms with van der Waals surface area (Å²) in [6.45, 7) is 42.3. The molecule has 11 heteroatoms. The minimum absolute atomic E-state index is 0.00111. The van der Waals surface area contributed by atoms with E-state index in [2.05, 4.69) is 189 Å². The highest BCUT2D eigenvalue weighted by atomic mass is 28.4. The first-order chi connectivity index (χ1) is 28.9. The van der Waals surface area contributed by atoms with Crippen LogP contribution in [0.4, 0.5) is 0 Å². The number of hydrogen-bond acceptors (Lipinski definition) is 7. The van der Waals surface area contributed by atoms with Crippen molar-refractivity contribution in [1.29, 1.82) is 0 Å². The molecule has 3 aliphatic rings. The molecule has 63 heavy (non-hydrogen) atoms. The topological polar surface area (TPSA) is 64.6 Å². The molecule has 0 radical (unpaired) electrons. The summed E-state index contributed by atoms with van der Waals surface area (Å²) in [4.78, 5) is 0. The van der Waals surface area contributed by atoms with Gasteiger partial charge < -0.3 is 31.9 Å². The van der Waals surface area contributed by atoms with E-state index < -0.39 is 63.5 Å². The molecule has 3 fully saturated rings. The van der Waals surface area contributed by atoms with Crippen molar-refractivity contribution in [2.24, 2.45) is 0 Å². The maximum absolute atomic E-state index is 7.73. The lowest BCUT2D eigenvalue weighted by atomic mass is 9.90. The molecule has 5 rings (SSSR count). The largest absolute Gasteiger partial charge is 0.411 e. The van der Waals surface area contributed by atoms with Crippen LogP contribution >= 0.6 is 0 Å². The highest BCUT2D eigenvalue weighted by Crippen LogP contribution is 2.50. The summed E-state index contributed by atoms with van der Waals surface area (Å²) in [5, 5.41) is 2.20. The van der Waals surface area contributed by atoms with Gasteiger partial charge in [0.25, 0.3) is 8.32 Å². The van der Waals surface area contributed by atoms with Crippen molar-refractivity contribution in [3.05, 3.63) is 60.7 Å². The van der Waals surface area contributed by atoms with Crippen molar-refractivity contribution >= 4 is 43.6 Å². The van der Waals surface area contributed by atoms with E-state index in [-0.39, 0.29) is 38.5 Å². The van der Waals surface area contributed by atoms with Gasteiger partial charge in [-0.25, -0.2) is 0 Å². The fourth-order valence-electron chi connectivity index (χ4n) is 9.07. The van der Waals surface area contributed by atoms with E-state index in [9.17, 15) is 0 Å². The highest BCUT2D eigenvalue weighted by Gasteiger charge is 2.60. The molecule has 2 saturated heterocycles. The van der Waals surface area contributed by atoms with Gasteiger partial charge in [0.05, 0.1) is 31.0 Å². The monoisotopic (exact) mass is 937 g/mol. The smallest absolute Gasteiger partial charge is 0.261 e. The molecule has 1 saturated carbocycles. The second kappa shape index (κ2) is 19.3. The molecule has 0 aromatic heterocycles. The minimum Gasteiger partial charge on any atom is -0.411 e. The van der Waals surface area contributed by atoms with Gasteiger partial charge in [-0.3, -0.25) is 0 Å². The van der Waals surface area contributed by atoms with Gasteiger partial charge in [0.2, 0.25) is 0 Å². The molecular weight excluding hydrogens is 849 g/mol. The standard InChI is InChI=1S/C52H88O7Si4/c1-20-21-34-41(57-60(14,15)48(2,3)4)42-37-43(58-61(16,17)49(5,6)7)46(59-62(18,19)50(8,9)10)47(54-42)45-44(55-52(56-45)35-28-29-36-52)38-53-63(51(11,12)13,39-30-24-22-25-31-39)40-32-26-23-27-33-40/h1,22-27,30-33,41-47H,21,28-29,34-38H2,2-19H3/t41-,42-,43-,44-,45+,46-,47+/m1/s1. The van der Waals surface area contributed by atoms with Crippen LogP contribution in [0, 0.1) is 12.3 Å². The summed E-state index contributed by atoms with van der Waals surface area (Å²) in [5.41, 5.74) is 0. The van der Waals surface area contributed by atoms with Crippen LogP contribution in [0.2, 0.25) is 59.4 Å². The second-order valence-electron chi connectivity index (χ2n) is 24.6. The lowest BCUT2D eigenvalue weighted by molar-refractivity contribution is -0.230. The zero-order valence-corrected chi connectivity index (χ0v) is 46.9. The summed E-state index contributed by atoms with van der Waals surface area (Å²) in [7, 11) is -9.98. The van der Waals surface area contributed by atoms with E-state index >= 15 is 0 Å². The van der Waals surface area contributed by atoms with Crippen LogP contribution in [0.5, 0.6) is 0 Å². The average molecular weight is 938 g/mol. The molecule has 2 aliphatic heterocycles. The van der Waals surface area contributed by atoms with E-state index in [1.54, 1.807) is 0 Å². The highest BCUT2D eigenvalue weighted by molar-refractivity contribution is 6.99. The third-order valence-electron chi connectivity index (χ3n) is 15.9. The fourth-order valence-corrected chi connectivity index (χ4v) is 17.7. The van der Waals surface area contributed by atoms with Crippen molar-refractivity contribution in [3.63, 3.8) is 0 Å². The van der Waals surface area contributed by atoms with E-state index in [1.165, 1.54) is 10.4 Å². The molecule has 7 atom stereocenters. The number of rotatable bonds is 15. The maximum Gasteiger partial charge on any atom is 0.261 e. The molecule has 354 valence electrons. The first kappa shape index (κ1) is 52.6. The van der Waals surface area contributed by atoms with Gasteiger partial charge in [0.15, 0.2) is 30.7 Å². The minimum atomic E-state index is -2.94. The molecule has 7 nitrogen and oxygen atoms in total. The van der Waals surface area contributed by atoms with Gasteiger partial charge in [-0.15, -0.1) is 12.3 Å². The zero-order valence-electron chi connectivity index (χ0n) is 42.9. The lowest BCUT2D eigenvalue weighted by Gasteiger charge is -2.53. The molecule has 0 unspecified atom stereocenters.